The molecule has 0 spiro atoms. The maximum absolute atomic E-state index is 13.2. The fraction of sp³-hybridized carbons (Fsp3) is 0.409. The Kier molecular flexibility index (Phi) is 6.88. The van der Waals surface area contributed by atoms with Crippen LogP contribution in [0.4, 0.5) is 14.2 Å². The highest BCUT2D eigenvalue weighted by Gasteiger charge is 2.40. The van der Waals surface area contributed by atoms with E-state index in [2.05, 4.69) is 11.4 Å². The van der Waals surface area contributed by atoms with Gasteiger partial charge in [0.2, 0.25) is 15.9 Å². The first-order chi connectivity index (χ1) is 16.3. The van der Waals surface area contributed by atoms with Crippen LogP contribution in [0.1, 0.15) is 35.8 Å². The van der Waals surface area contributed by atoms with Crippen molar-refractivity contribution in [3.63, 3.8) is 0 Å². The van der Waals surface area contributed by atoms with Gasteiger partial charge in [0.05, 0.1) is 23.6 Å². The number of thiophene rings is 1. The van der Waals surface area contributed by atoms with Gasteiger partial charge in [-0.05, 0) is 56.0 Å². The Morgan fingerprint density at radius 3 is 2.71 bits per heavy atom. The summed E-state index contributed by atoms with van der Waals surface area (Å²) in [5.74, 6) is -1.08. The van der Waals surface area contributed by atoms with Gasteiger partial charge in [0.1, 0.15) is 22.9 Å². The van der Waals surface area contributed by atoms with Crippen LogP contribution < -0.4 is 5.32 Å². The predicted octanol–water partition coefficient (Wildman–Crippen LogP) is 3.07. The summed E-state index contributed by atoms with van der Waals surface area (Å²) in [7, 11) is -4.00. The Morgan fingerprint density at radius 2 is 2.03 bits per heavy atom. The van der Waals surface area contributed by atoms with Crippen LogP contribution in [0.3, 0.4) is 0 Å². The number of halogens is 1. The maximum Gasteiger partial charge on any atom is 0.410 e. The van der Waals surface area contributed by atoms with Crippen molar-refractivity contribution in [3.05, 3.63) is 46.1 Å². The molecule has 2 aliphatic rings. The van der Waals surface area contributed by atoms with E-state index >= 15 is 0 Å². The molecule has 3 heterocycles. The van der Waals surface area contributed by atoms with E-state index in [1.54, 1.807) is 11.8 Å². The number of benzene rings is 1. The maximum atomic E-state index is 13.2. The molecule has 0 aliphatic carbocycles. The molecule has 1 aromatic heterocycles. The molecule has 1 atom stereocenters. The summed E-state index contributed by atoms with van der Waals surface area (Å²) in [6.07, 6.45) is 0.852. The molecule has 2 amide bonds. The van der Waals surface area contributed by atoms with Crippen molar-refractivity contribution in [1.82, 2.24) is 9.21 Å². The lowest BCUT2D eigenvalue weighted by Crippen LogP contribution is -2.43. The molecule has 1 unspecified atom stereocenters. The zero-order valence-corrected chi connectivity index (χ0v) is 20.0. The lowest BCUT2D eigenvalue weighted by molar-refractivity contribution is -0.119. The Balaban J connectivity index is 1.54. The molecule has 12 heteroatoms. The van der Waals surface area contributed by atoms with Gasteiger partial charge in [-0.1, -0.05) is 0 Å². The van der Waals surface area contributed by atoms with Gasteiger partial charge in [-0.15, -0.1) is 11.3 Å². The van der Waals surface area contributed by atoms with Gasteiger partial charge in [0.25, 0.3) is 0 Å². The number of anilines is 1. The number of ether oxygens (including phenoxy) is 1. The van der Waals surface area contributed by atoms with Crippen molar-refractivity contribution in [2.75, 3.05) is 25.0 Å². The van der Waals surface area contributed by atoms with E-state index in [1.807, 2.05) is 0 Å². The molecule has 0 radical (unpaired) electrons. The summed E-state index contributed by atoms with van der Waals surface area (Å²) in [5.41, 5.74) is 1.12. The molecule has 1 aromatic carbocycles. The zero-order valence-electron chi connectivity index (χ0n) is 18.4. The first-order valence-electron chi connectivity index (χ1n) is 10.8. The topological polar surface area (TPSA) is 120 Å². The molecule has 1 fully saturated rings. The Labute approximate surface area is 200 Å². The van der Waals surface area contributed by atoms with Crippen molar-refractivity contribution in [1.29, 1.82) is 5.26 Å². The van der Waals surface area contributed by atoms with Crippen LogP contribution in [0, 0.1) is 17.1 Å². The van der Waals surface area contributed by atoms with E-state index in [0.29, 0.717) is 36.4 Å². The number of hydrogen-bond acceptors (Lipinski definition) is 7. The Bertz CT molecular complexity index is 1250. The second-order valence-corrected chi connectivity index (χ2v) is 10.9. The average molecular weight is 507 g/mol. The first-order valence-corrected chi connectivity index (χ1v) is 13.1. The predicted molar refractivity (Wildman–Crippen MR) is 122 cm³/mol. The number of amides is 2. The highest BCUT2D eigenvalue weighted by atomic mass is 32.2. The van der Waals surface area contributed by atoms with Gasteiger partial charge >= 0.3 is 6.09 Å². The third-order valence-corrected chi connectivity index (χ3v) is 8.91. The summed E-state index contributed by atoms with van der Waals surface area (Å²) < 4.78 is 45.6. The zero-order chi connectivity index (χ0) is 24.5. The standard InChI is InChI=1S/C22H23FN4O5S2/c1-2-32-22(29)26-11-9-16-17(12-24)21(33-19(16)13-26)25-20(28)18-4-3-10-27(18)34(30,31)15-7-5-14(23)6-8-15/h5-8,18H,2-4,9-11,13H2,1H3,(H,25,28). The summed E-state index contributed by atoms with van der Waals surface area (Å²) in [6, 6.07) is 5.66. The van der Waals surface area contributed by atoms with Crippen LogP contribution >= 0.6 is 11.3 Å². The number of carbonyl (C=O) groups excluding carboxylic acids is 2. The molecule has 34 heavy (non-hydrogen) atoms. The number of nitriles is 1. The molecule has 1 saturated heterocycles. The fourth-order valence-electron chi connectivity index (χ4n) is 4.21. The third-order valence-electron chi connectivity index (χ3n) is 5.86. The molecule has 2 aromatic rings. The smallest absolute Gasteiger partial charge is 0.410 e. The molecule has 2 aliphatic heterocycles. The van der Waals surface area contributed by atoms with Crippen LogP contribution in [0.15, 0.2) is 29.2 Å². The summed E-state index contributed by atoms with van der Waals surface area (Å²) in [4.78, 5) is 27.5. The fourth-order valence-corrected chi connectivity index (χ4v) is 7.08. The lowest BCUT2D eigenvalue weighted by atomic mass is 10.0. The minimum Gasteiger partial charge on any atom is -0.450 e. The van der Waals surface area contributed by atoms with Crippen LogP contribution in [0.2, 0.25) is 0 Å². The third kappa shape index (κ3) is 4.51. The molecule has 0 saturated carbocycles. The van der Waals surface area contributed by atoms with Gasteiger partial charge in [0.15, 0.2) is 0 Å². The van der Waals surface area contributed by atoms with E-state index in [9.17, 15) is 27.7 Å². The number of nitrogens with zero attached hydrogens (tertiary/aromatic N) is 3. The van der Waals surface area contributed by atoms with Crippen LogP contribution in [-0.4, -0.2) is 55.4 Å². The monoisotopic (exact) mass is 506 g/mol. The van der Waals surface area contributed by atoms with Crippen LogP contribution in [0.5, 0.6) is 0 Å². The van der Waals surface area contributed by atoms with E-state index in [-0.39, 0.29) is 24.6 Å². The summed E-state index contributed by atoms with van der Waals surface area (Å²) in [5, 5.41) is 12.8. The Hall–Kier alpha value is -3.01. The van der Waals surface area contributed by atoms with Crippen molar-refractivity contribution in [2.24, 2.45) is 0 Å². The summed E-state index contributed by atoms with van der Waals surface area (Å²) in [6.45, 7) is 2.83. The minimum atomic E-state index is -4.00. The normalized spacial score (nSPS) is 18.3. The van der Waals surface area contributed by atoms with E-state index in [4.69, 9.17) is 4.74 Å². The number of fused-ring (bicyclic) bond motifs is 1. The quantitative estimate of drug-likeness (QED) is 0.666. The number of nitrogens with one attached hydrogen (secondary N) is 1. The van der Waals surface area contributed by atoms with E-state index in [1.165, 1.54) is 23.5 Å². The van der Waals surface area contributed by atoms with Gasteiger partial charge in [-0.2, -0.15) is 9.57 Å². The van der Waals surface area contributed by atoms with Crippen molar-refractivity contribution in [2.45, 2.75) is 43.7 Å². The lowest BCUT2D eigenvalue weighted by Gasteiger charge is -2.25. The van der Waals surface area contributed by atoms with Crippen LogP contribution in [-0.2, 0) is 32.5 Å². The van der Waals surface area contributed by atoms with Crippen molar-refractivity contribution < 1.29 is 27.1 Å². The Morgan fingerprint density at radius 1 is 1.29 bits per heavy atom. The molecular formula is C22H23FN4O5S2. The van der Waals surface area contributed by atoms with Gasteiger partial charge in [0, 0.05) is 18.0 Å². The molecule has 1 N–H and O–H groups in total. The number of carbonyl (C=O) groups is 2. The second kappa shape index (κ2) is 9.69. The average Bonchev–Trinajstić information content (AvgIpc) is 3.44. The molecule has 0 bridgehead atoms. The number of hydrogen-bond donors (Lipinski definition) is 1. The van der Waals surface area contributed by atoms with Crippen LogP contribution in [0.25, 0.3) is 0 Å². The number of rotatable bonds is 5. The molecule has 4 rings (SSSR count). The highest BCUT2D eigenvalue weighted by molar-refractivity contribution is 7.89. The second-order valence-electron chi connectivity index (χ2n) is 7.91. The van der Waals surface area contributed by atoms with Crippen molar-refractivity contribution >= 4 is 38.4 Å². The molecular weight excluding hydrogens is 483 g/mol. The van der Waals surface area contributed by atoms with Gasteiger partial charge < -0.3 is 15.0 Å². The highest BCUT2D eigenvalue weighted by Crippen LogP contribution is 2.37. The van der Waals surface area contributed by atoms with Crippen molar-refractivity contribution in [3.8, 4) is 6.07 Å². The van der Waals surface area contributed by atoms with E-state index in [0.717, 1.165) is 26.9 Å². The van der Waals surface area contributed by atoms with E-state index < -0.39 is 33.9 Å². The molecule has 9 nitrogen and oxygen atoms in total. The molecule has 180 valence electrons. The largest absolute Gasteiger partial charge is 0.450 e. The van der Waals surface area contributed by atoms with Gasteiger partial charge in [-0.3, -0.25) is 4.79 Å². The minimum absolute atomic E-state index is 0.0861. The SMILES string of the molecule is CCOC(=O)N1CCc2c(sc(NC(=O)C3CCCN3S(=O)(=O)c3ccc(F)cc3)c2C#N)C1. The summed E-state index contributed by atoms with van der Waals surface area (Å²) >= 11 is 1.21. The first kappa shape index (κ1) is 24.1. The number of sulfonamides is 1. The van der Waals surface area contributed by atoms with Gasteiger partial charge in [-0.25, -0.2) is 17.6 Å².